The molecule has 0 aliphatic carbocycles. The maximum atomic E-state index is 13.4. The van der Waals surface area contributed by atoms with Gasteiger partial charge in [-0.25, -0.2) is 4.39 Å². The van der Waals surface area contributed by atoms with Gasteiger partial charge in [-0.3, -0.25) is 9.59 Å². The van der Waals surface area contributed by atoms with Crippen LogP contribution < -0.4 is 10.1 Å². The zero-order chi connectivity index (χ0) is 19.1. The molecule has 1 N–H and O–H groups in total. The van der Waals surface area contributed by atoms with E-state index in [-0.39, 0.29) is 37.1 Å². The van der Waals surface area contributed by atoms with Crippen molar-refractivity contribution in [2.24, 2.45) is 0 Å². The molecule has 0 aromatic heterocycles. The minimum absolute atomic E-state index is 0.0124. The number of halogens is 3. The fourth-order valence-corrected chi connectivity index (χ4v) is 2.38. The second kappa shape index (κ2) is 9.40. The second-order valence-electron chi connectivity index (χ2n) is 5.46. The molecule has 8 heteroatoms. The van der Waals surface area contributed by atoms with E-state index >= 15 is 0 Å². The number of rotatable bonds is 7. The van der Waals surface area contributed by atoms with Crippen molar-refractivity contribution in [3.05, 3.63) is 58.3 Å². The Hall–Kier alpha value is -2.31. The molecule has 2 rings (SSSR count). The van der Waals surface area contributed by atoms with Crippen molar-refractivity contribution in [1.29, 1.82) is 0 Å². The largest absolute Gasteiger partial charge is 0.490 e. The molecule has 2 aromatic carbocycles. The van der Waals surface area contributed by atoms with E-state index < -0.39 is 5.82 Å². The predicted molar refractivity (Wildman–Crippen MR) is 99.2 cm³/mol. The average molecular weight is 399 g/mol. The van der Waals surface area contributed by atoms with Crippen LogP contribution in [0.2, 0.25) is 10.0 Å². The lowest BCUT2D eigenvalue weighted by molar-refractivity contribution is -0.133. The van der Waals surface area contributed by atoms with Gasteiger partial charge >= 0.3 is 0 Å². The smallest absolute Gasteiger partial charge is 0.243 e. The number of hydrogen-bond acceptors (Lipinski definition) is 3. The van der Waals surface area contributed by atoms with Crippen molar-refractivity contribution < 1.29 is 18.7 Å². The molecule has 2 amide bonds. The molecule has 5 nitrogen and oxygen atoms in total. The molecule has 0 bridgehead atoms. The maximum absolute atomic E-state index is 13.4. The number of carbonyl (C=O) groups excluding carboxylic acids is 2. The highest BCUT2D eigenvalue weighted by atomic mass is 35.5. The van der Waals surface area contributed by atoms with Crippen LogP contribution in [0.15, 0.2) is 42.5 Å². The molecule has 0 aliphatic heterocycles. The molecular formula is C18H17Cl2FN2O3. The number of para-hydroxylation sites is 1. The summed E-state index contributed by atoms with van der Waals surface area (Å²) in [5, 5.41) is 3.33. The van der Waals surface area contributed by atoms with Gasteiger partial charge in [0.05, 0.1) is 29.6 Å². The number of hydrogen-bond donors (Lipinski definition) is 1. The van der Waals surface area contributed by atoms with E-state index in [0.717, 1.165) is 0 Å². The summed E-state index contributed by atoms with van der Waals surface area (Å²) in [5.41, 5.74) is 0.480. The summed E-state index contributed by atoms with van der Waals surface area (Å²) >= 11 is 11.7. The molecule has 0 atom stereocenters. The molecule has 138 valence electrons. The van der Waals surface area contributed by atoms with Gasteiger partial charge in [0.25, 0.3) is 0 Å². The van der Waals surface area contributed by atoms with Gasteiger partial charge in [-0.15, -0.1) is 0 Å². The molecule has 0 heterocycles. The quantitative estimate of drug-likeness (QED) is 0.766. The van der Waals surface area contributed by atoms with Crippen molar-refractivity contribution in [2.75, 3.05) is 25.5 Å². The molecule has 0 aliphatic rings. The molecule has 0 spiro atoms. The van der Waals surface area contributed by atoms with Crippen molar-refractivity contribution in [3.63, 3.8) is 0 Å². The van der Waals surface area contributed by atoms with E-state index in [4.69, 9.17) is 27.9 Å². The lowest BCUT2D eigenvalue weighted by Gasteiger charge is -2.17. The summed E-state index contributed by atoms with van der Waals surface area (Å²) < 4.78 is 18.6. The number of ether oxygens (including phenoxy) is 1. The van der Waals surface area contributed by atoms with Gasteiger partial charge in [-0.1, -0.05) is 35.3 Å². The summed E-state index contributed by atoms with van der Waals surface area (Å²) in [6.45, 7) is -0.128. The highest BCUT2D eigenvalue weighted by Gasteiger charge is 2.14. The van der Waals surface area contributed by atoms with Gasteiger partial charge in [0.2, 0.25) is 11.8 Å². The van der Waals surface area contributed by atoms with E-state index in [9.17, 15) is 14.0 Å². The zero-order valence-corrected chi connectivity index (χ0v) is 15.5. The third kappa shape index (κ3) is 5.89. The predicted octanol–water partition coefficient (Wildman–Crippen LogP) is 4.00. The Morgan fingerprint density at radius 3 is 2.58 bits per heavy atom. The number of nitrogens with one attached hydrogen (secondary N) is 1. The SMILES string of the molecule is CN(CC(=O)Nc1ccc(Cl)c(Cl)c1)C(=O)CCOc1ccccc1F. The fourth-order valence-electron chi connectivity index (χ4n) is 2.08. The van der Waals surface area contributed by atoms with Crippen LogP contribution in [0.5, 0.6) is 5.75 Å². The molecule has 2 aromatic rings. The van der Waals surface area contributed by atoms with E-state index in [2.05, 4.69) is 5.32 Å². The Bertz CT molecular complexity index is 802. The summed E-state index contributed by atoms with van der Waals surface area (Å²) in [5.74, 6) is -1.09. The van der Waals surface area contributed by atoms with Crippen LogP contribution in [-0.2, 0) is 9.59 Å². The van der Waals surface area contributed by atoms with Crippen LogP contribution in [0, 0.1) is 5.82 Å². The molecular weight excluding hydrogens is 382 g/mol. The average Bonchev–Trinajstić information content (AvgIpc) is 2.59. The first-order valence-corrected chi connectivity index (χ1v) is 8.48. The molecule has 0 radical (unpaired) electrons. The van der Waals surface area contributed by atoms with Crippen LogP contribution in [0.4, 0.5) is 10.1 Å². The van der Waals surface area contributed by atoms with Crippen LogP contribution in [-0.4, -0.2) is 36.9 Å². The number of benzene rings is 2. The lowest BCUT2D eigenvalue weighted by atomic mass is 10.3. The standard InChI is InChI=1S/C18H17Cl2FN2O3/c1-23(11-17(24)22-12-6-7-13(19)14(20)10-12)18(25)8-9-26-16-5-3-2-4-15(16)21/h2-7,10H,8-9,11H2,1H3,(H,22,24). The Balaban J connectivity index is 1.77. The first kappa shape index (κ1) is 20.0. The van der Waals surface area contributed by atoms with Crippen LogP contribution in [0.3, 0.4) is 0 Å². The van der Waals surface area contributed by atoms with Gasteiger partial charge in [-0.2, -0.15) is 0 Å². The second-order valence-corrected chi connectivity index (χ2v) is 6.27. The van der Waals surface area contributed by atoms with Crippen molar-refractivity contribution in [1.82, 2.24) is 4.90 Å². The van der Waals surface area contributed by atoms with Gasteiger partial charge in [0, 0.05) is 12.7 Å². The monoisotopic (exact) mass is 398 g/mol. The number of anilines is 1. The van der Waals surface area contributed by atoms with Crippen LogP contribution >= 0.6 is 23.2 Å². The summed E-state index contributed by atoms with van der Waals surface area (Å²) in [7, 11) is 1.50. The van der Waals surface area contributed by atoms with Gasteiger partial charge in [-0.05, 0) is 30.3 Å². The number of nitrogens with zero attached hydrogens (tertiary/aromatic N) is 1. The fraction of sp³-hybridized carbons (Fsp3) is 0.222. The zero-order valence-electron chi connectivity index (χ0n) is 14.0. The van der Waals surface area contributed by atoms with E-state index in [1.807, 2.05) is 0 Å². The van der Waals surface area contributed by atoms with Gasteiger partial charge in [0.15, 0.2) is 11.6 Å². The summed E-state index contributed by atoms with van der Waals surface area (Å²) in [6, 6.07) is 10.6. The Morgan fingerprint density at radius 1 is 1.15 bits per heavy atom. The van der Waals surface area contributed by atoms with E-state index in [1.54, 1.807) is 24.3 Å². The van der Waals surface area contributed by atoms with Gasteiger partial charge < -0.3 is 15.0 Å². The molecule has 0 saturated carbocycles. The molecule has 26 heavy (non-hydrogen) atoms. The van der Waals surface area contributed by atoms with Crippen molar-refractivity contribution >= 4 is 40.7 Å². The topological polar surface area (TPSA) is 58.6 Å². The summed E-state index contributed by atoms with van der Waals surface area (Å²) in [6.07, 6.45) is 0.0187. The Kier molecular flexibility index (Phi) is 7.24. The van der Waals surface area contributed by atoms with Crippen molar-refractivity contribution in [2.45, 2.75) is 6.42 Å². The van der Waals surface area contributed by atoms with Crippen molar-refractivity contribution in [3.8, 4) is 5.75 Å². The molecule has 0 unspecified atom stereocenters. The van der Waals surface area contributed by atoms with E-state index in [0.29, 0.717) is 15.7 Å². The van der Waals surface area contributed by atoms with Crippen LogP contribution in [0.1, 0.15) is 6.42 Å². The maximum Gasteiger partial charge on any atom is 0.243 e. The number of amides is 2. The molecule has 0 saturated heterocycles. The van der Waals surface area contributed by atoms with Gasteiger partial charge in [0.1, 0.15) is 0 Å². The first-order chi connectivity index (χ1) is 12.4. The lowest BCUT2D eigenvalue weighted by Crippen LogP contribution is -2.35. The van der Waals surface area contributed by atoms with Crippen LogP contribution in [0.25, 0.3) is 0 Å². The summed E-state index contributed by atoms with van der Waals surface area (Å²) in [4.78, 5) is 25.3. The minimum Gasteiger partial charge on any atom is -0.490 e. The van der Waals surface area contributed by atoms with E-state index in [1.165, 1.54) is 30.1 Å². The third-order valence-corrected chi connectivity index (χ3v) is 4.16. The molecule has 0 fully saturated rings. The normalized spacial score (nSPS) is 10.3. The number of likely N-dealkylation sites (N-methyl/N-ethyl adjacent to an activating group) is 1. The third-order valence-electron chi connectivity index (χ3n) is 3.42. The number of carbonyl (C=O) groups is 2. The highest BCUT2D eigenvalue weighted by Crippen LogP contribution is 2.24. The Morgan fingerprint density at radius 2 is 1.88 bits per heavy atom. The highest BCUT2D eigenvalue weighted by molar-refractivity contribution is 6.42. The minimum atomic E-state index is -0.491. The Labute approximate surface area is 160 Å². The first-order valence-electron chi connectivity index (χ1n) is 7.73.